The maximum absolute atomic E-state index is 11.1. The number of hydrogen-bond donors (Lipinski definition) is 0. The average molecular weight is 204 g/mol. The van der Waals surface area contributed by atoms with Gasteiger partial charge in [0.2, 0.25) is 0 Å². The van der Waals surface area contributed by atoms with E-state index in [1.807, 2.05) is 0 Å². The maximum Gasteiger partial charge on any atom is 0.155 e. The van der Waals surface area contributed by atoms with E-state index in [0.717, 1.165) is 18.8 Å². The third-order valence-corrected chi connectivity index (χ3v) is 3.67. The third kappa shape index (κ3) is 2.58. The van der Waals surface area contributed by atoms with Gasteiger partial charge in [0.15, 0.2) is 5.78 Å². The Morgan fingerprint density at radius 1 is 1.27 bits per heavy atom. The van der Waals surface area contributed by atoms with Gasteiger partial charge in [-0.05, 0) is 43.1 Å². The molecule has 0 aromatic heterocycles. The van der Waals surface area contributed by atoms with Gasteiger partial charge < -0.3 is 0 Å². The molecule has 15 heavy (non-hydrogen) atoms. The molecule has 0 aliphatic heterocycles. The summed E-state index contributed by atoms with van der Waals surface area (Å²) >= 11 is 0. The SMILES string of the molecule is CCC[C@@H]1C=C[C@@H](C2C=CC(=O)CC2)C1. The highest BCUT2D eigenvalue weighted by molar-refractivity contribution is 5.90. The molecule has 82 valence electrons. The topological polar surface area (TPSA) is 17.1 Å². The first-order valence-electron chi connectivity index (χ1n) is 6.19. The number of carbonyl (C=O) groups excluding carboxylic acids is 1. The first-order chi connectivity index (χ1) is 7.29. The molecule has 1 heteroatoms. The predicted molar refractivity (Wildman–Crippen MR) is 62.5 cm³/mol. The molecule has 2 aliphatic rings. The summed E-state index contributed by atoms with van der Waals surface area (Å²) < 4.78 is 0. The Morgan fingerprint density at radius 3 is 2.80 bits per heavy atom. The van der Waals surface area contributed by atoms with Gasteiger partial charge in [-0.2, -0.15) is 0 Å². The minimum Gasteiger partial charge on any atom is -0.295 e. The molecule has 0 saturated heterocycles. The highest BCUT2D eigenvalue weighted by Crippen LogP contribution is 2.35. The molecule has 2 rings (SSSR count). The van der Waals surface area contributed by atoms with E-state index in [1.165, 1.54) is 19.3 Å². The molecule has 0 amide bonds. The van der Waals surface area contributed by atoms with Gasteiger partial charge in [0.1, 0.15) is 0 Å². The Labute approximate surface area is 92.3 Å². The van der Waals surface area contributed by atoms with E-state index in [4.69, 9.17) is 0 Å². The number of carbonyl (C=O) groups is 1. The Kier molecular flexibility index (Phi) is 3.40. The third-order valence-electron chi connectivity index (χ3n) is 3.67. The van der Waals surface area contributed by atoms with Crippen LogP contribution in [-0.4, -0.2) is 5.78 Å². The van der Waals surface area contributed by atoms with Crippen LogP contribution in [0.5, 0.6) is 0 Å². The lowest BCUT2D eigenvalue weighted by Gasteiger charge is -2.22. The molecule has 0 aromatic rings. The maximum atomic E-state index is 11.1. The van der Waals surface area contributed by atoms with Crippen LogP contribution in [0.3, 0.4) is 0 Å². The Morgan fingerprint density at radius 2 is 2.13 bits per heavy atom. The van der Waals surface area contributed by atoms with Gasteiger partial charge in [-0.25, -0.2) is 0 Å². The second kappa shape index (κ2) is 4.78. The summed E-state index contributed by atoms with van der Waals surface area (Å²) in [6, 6.07) is 0. The summed E-state index contributed by atoms with van der Waals surface area (Å²) in [6.07, 6.45) is 14.4. The molecule has 0 radical (unpaired) electrons. The Bertz CT molecular complexity index is 288. The zero-order chi connectivity index (χ0) is 10.7. The van der Waals surface area contributed by atoms with E-state index >= 15 is 0 Å². The van der Waals surface area contributed by atoms with Gasteiger partial charge >= 0.3 is 0 Å². The average Bonchev–Trinajstić information content (AvgIpc) is 2.68. The predicted octanol–water partition coefficient (Wildman–Crippen LogP) is 3.51. The number of rotatable bonds is 3. The summed E-state index contributed by atoms with van der Waals surface area (Å²) in [5.41, 5.74) is 0. The van der Waals surface area contributed by atoms with Crippen molar-refractivity contribution in [3.05, 3.63) is 24.3 Å². The first-order valence-corrected chi connectivity index (χ1v) is 6.19. The van der Waals surface area contributed by atoms with Crippen molar-refractivity contribution >= 4 is 5.78 Å². The second-order valence-electron chi connectivity index (χ2n) is 4.86. The second-order valence-corrected chi connectivity index (χ2v) is 4.86. The van der Waals surface area contributed by atoms with Gasteiger partial charge in [0.25, 0.3) is 0 Å². The number of allylic oxidation sites excluding steroid dienone is 4. The van der Waals surface area contributed by atoms with Gasteiger partial charge in [0, 0.05) is 6.42 Å². The molecular weight excluding hydrogens is 184 g/mol. The van der Waals surface area contributed by atoms with Crippen LogP contribution in [0.25, 0.3) is 0 Å². The van der Waals surface area contributed by atoms with Crippen LogP contribution in [0, 0.1) is 17.8 Å². The largest absolute Gasteiger partial charge is 0.295 e. The highest BCUT2D eigenvalue weighted by Gasteiger charge is 2.26. The van der Waals surface area contributed by atoms with E-state index in [2.05, 4.69) is 25.2 Å². The fourth-order valence-corrected chi connectivity index (χ4v) is 2.79. The fraction of sp³-hybridized carbons (Fsp3) is 0.643. The monoisotopic (exact) mass is 204 g/mol. The Hall–Kier alpha value is -0.850. The summed E-state index contributed by atoms with van der Waals surface area (Å²) in [6.45, 7) is 2.25. The molecule has 2 aliphatic carbocycles. The van der Waals surface area contributed by atoms with Gasteiger partial charge in [0.05, 0.1) is 0 Å². The molecule has 0 saturated carbocycles. The van der Waals surface area contributed by atoms with Crippen molar-refractivity contribution in [2.24, 2.45) is 17.8 Å². The standard InChI is InChI=1S/C14H20O/c1-2-3-11-4-5-13(10-11)12-6-8-14(15)9-7-12/h4-6,8,11-13H,2-3,7,9-10H2,1H3/t11-,12?,13-/m1/s1. The van der Waals surface area contributed by atoms with E-state index in [9.17, 15) is 4.79 Å². The Balaban J connectivity index is 1.89. The lowest BCUT2D eigenvalue weighted by atomic mass is 9.82. The van der Waals surface area contributed by atoms with Crippen LogP contribution >= 0.6 is 0 Å². The summed E-state index contributed by atoms with van der Waals surface area (Å²) in [5.74, 6) is 2.43. The minimum absolute atomic E-state index is 0.304. The zero-order valence-electron chi connectivity index (χ0n) is 9.49. The zero-order valence-corrected chi connectivity index (χ0v) is 9.49. The van der Waals surface area contributed by atoms with Crippen molar-refractivity contribution in [1.29, 1.82) is 0 Å². The van der Waals surface area contributed by atoms with Gasteiger partial charge in [-0.15, -0.1) is 0 Å². The van der Waals surface area contributed by atoms with Crippen LogP contribution in [0.2, 0.25) is 0 Å². The fourth-order valence-electron chi connectivity index (χ4n) is 2.79. The molecule has 0 aromatic carbocycles. The molecule has 0 fully saturated rings. The molecule has 0 bridgehead atoms. The molecule has 0 spiro atoms. The summed E-state index contributed by atoms with van der Waals surface area (Å²) in [5, 5.41) is 0. The van der Waals surface area contributed by atoms with Crippen LogP contribution in [0.4, 0.5) is 0 Å². The van der Waals surface area contributed by atoms with E-state index in [1.54, 1.807) is 6.08 Å². The molecule has 3 atom stereocenters. The lowest BCUT2D eigenvalue weighted by molar-refractivity contribution is -0.115. The van der Waals surface area contributed by atoms with Gasteiger partial charge in [-0.1, -0.05) is 31.6 Å². The van der Waals surface area contributed by atoms with Crippen LogP contribution in [-0.2, 0) is 4.79 Å². The van der Waals surface area contributed by atoms with Crippen molar-refractivity contribution in [2.75, 3.05) is 0 Å². The normalized spacial score (nSPS) is 35.0. The van der Waals surface area contributed by atoms with Crippen molar-refractivity contribution < 1.29 is 4.79 Å². The molecule has 1 nitrogen and oxygen atoms in total. The molecule has 0 heterocycles. The first kappa shape index (κ1) is 10.7. The van der Waals surface area contributed by atoms with Crippen molar-refractivity contribution in [1.82, 2.24) is 0 Å². The highest BCUT2D eigenvalue weighted by atomic mass is 16.1. The molecular formula is C14H20O. The molecule has 0 N–H and O–H groups in total. The number of hydrogen-bond acceptors (Lipinski definition) is 1. The number of ketones is 1. The molecule has 1 unspecified atom stereocenters. The lowest BCUT2D eigenvalue weighted by Crippen LogP contribution is -2.15. The smallest absolute Gasteiger partial charge is 0.155 e. The summed E-state index contributed by atoms with van der Waals surface area (Å²) in [7, 11) is 0. The van der Waals surface area contributed by atoms with Crippen molar-refractivity contribution in [3.8, 4) is 0 Å². The minimum atomic E-state index is 0.304. The van der Waals surface area contributed by atoms with Crippen LogP contribution < -0.4 is 0 Å². The quantitative estimate of drug-likeness (QED) is 0.643. The van der Waals surface area contributed by atoms with Crippen molar-refractivity contribution in [3.63, 3.8) is 0 Å². The van der Waals surface area contributed by atoms with E-state index < -0.39 is 0 Å². The van der Waals surface area contributed by atoms with E-state index in [0.29, 0.717) is 17.6 Å². The van der Waals surface area contributed by atoms with Crippen LogP contribution in [0.15, 0.2) is 24.3 Å². The van der Waals surface area contributed by atoms with E-state index in [-0.39, 0.29) is 0 Å². The van der Waals surface area contributed by atoms with Gasteiger partial charge in [-0.3, -0.25) is 4.79 Å². The summed E-state index contributed by atoms with van der Waals surface area (Å²) in [4.78, 5) is 11.1. The van der Waals surface area contributed by atoms with Crippen LogP contribution in [0.1, 0.15) is 39.0 Å². The van der Waals surface area contributed by atoms with Crippen molar-refractivity contribution in [2.45, 2.75) is 39.0 Å².